The first kappa shape index (κ1) is 20.7. The summed E-state index contributed by atoms with van der Waals surface area (Å²) in [5.74, 6) is 0.120. The molecule has 1 aromatic heterocycles. The lowest BCUT2D eigenvalue weighted by molar-refractivity contribution is -0.131. The number of thioether (sulfide) groups is 1. The van der Waals surface area contributed by atoms with Crippen LogP contribution in [0.25, 0.3) is 16.6 Å². The number of hydrogen-bond acceptors (Lipinski definition) is 4. The van der Waals surface area contributed by atoms with Crippen LogP contribution in [0.1, 0.15) is 38.7 Å². The molecule has 30 heavy (non-hydrogen) atoms. The highest BCUT2D eigenvalue weighted by molar-refractivity contribution is 8.00. The molecule has 1 aliphatic heterocycles. The molecular weight excluding hydrogens is 394 g/mol. The van der Waals surface area contributed by atoms with Crippen molar-refractivity contribution in [1.29, 1.82) is 0 Å². The Kier molecular flexibility index (Phi) is 6.23. The number of likely N-dealkylation sites (tertiary alicyclic amines) is 1. The van der Waals surface area contributed by atoms with E-state index in [-0.39, 0.29) is 16.7 Å². The minimum absolute atomic E-state index is 0.107. The normalized spacial score (nSPS) is 15.3. The zero-order valence-corrected chi connectivity index (χ0v) is 18.3. The predicted molar refractivity (Wildman–Crippen MR) is 122 cm³/mol. The number of benzene rings is 2. The number of carbonyl (C=O) groups excluding carboxylic acids is 1. The highest BCUT2D eigenvalue weighted by Crippen LogP contribution is 2.27. The van der Waals surface area contributed by atoms with Crippen LogP contribution >= 0.6 is 11.8 Å². The molecule has 0 radical (unpaired) electrons. The minimum Gasteiger partial charge on any atom is -0.342 e. The van der Waals surface area contributed by atoms with E-state index in [2.05, 4.69) is 6.92 Å². The molecule has 0 saturated carbocycles. The van der Waals surface area contributed by atoms with Gasteiger partial charge in [-0.05, 0) is 62.4 Å². The van der Waals surface area contributed by atoms with Crippen molar-refractivity contribution in [3.05, 3.63) is 64.4 Å². The van der Waals surface area contributed by atoms with E-state index >= 15 is 0 Å². The molecule has 1 fully saturated rings. The first-order valence-electron chi connectivity index (χ1n) is 10.6. The van der Waals surface area contributed by atoms with E-state index in [1.165, 1.54) is 23.7 Å². The number of hydrogen-bond donors (Lipinski definition) is 0. The molecule has 1 atom stereocenters. The fraction of sp³-hybridized carbons (Fsp3) is 0.375. The lowest BCUT2D eigenvalue weighted by Crippen LogP contribution is -2.40. The maximum atomic E-state index is 13.4. The Bertz CT molecular complexity index is 1100. The van der Waals surface area contributed by atoms with Gasteiger partial charge in [-0.15, -0.1) is 0 Å². The number of aromatic nitrogens is 2. The summed E-state index contributed by atoms with van der Waals surface area (Å²) in [6, 6.07) is 15.4. The third kappa shape index (κ3) is 4.15. The van der Waals surface area contributed by atoms with Crippen molar-refractivity contribution >= 4 is 28.6 Å². The number of fused-ring (bicyclic) bond motifs is 1. The van der Waals surface area contributed by atoms with E-state index in [0.717, 1.165) is 38.0 Å². The fourth-order valence-electron chi connectivity index (χ4n) is 3.88. The van der Waals surface area contributed by atoms with Crippen LogP contribution in [-0.2, 0) is 11.2 Å². The molecule has 1 aliphatic rings. The number of amides is 1. The third-order valence-corrected chi connectivity index (χ3v) is 6.69. The molecular formula is C24H27N3O2S. The number of para-hydroxylation sites is 1. The van der Waals surface area contributed by atoms with Crippen molar-refractivity contribution < 1.29 is 4.79 Å². The summed E-state index contributed by atoms with van der Waals surface area (Å²) in [5, 5.41) is 0.828. The number of rotatable bonds is 5. The summed E-state index contributed by atoms with van der Waals surface area (Å²) >= 11 is 1.37. The van der Waals surface area contributed by atoms with Gasteiger partial charge in [-0.3, -0.25) is 14.2 Å². The molecule has 5 nitrogen and oxygen atoms in total. The van der Waals surface area contributed by atoms with Gasteiger partial charge in [0.1, 0.15) is 0 Å². The van der Waals surface area contributed by atoms with E-state index in [0.29, 0.717) is 16.1 Å². The monoisotopic (exact) mass is 421 g/mol. The van der Waals surface area contributed by atoms with Crippen molar-refractivity contribution in [2.24, 2.45) is 0 Å². The van der Waals surface area contributed by atoms with Gasteiger partial charge in [-0.25, -0.2) is 4.98 Å². The van der Waals surface area contributed by atoms with Gasteiger partial charge in [0.2, 0.25) is 5.91 Å². The zero-order valence-electron chi connectivity index (χ0n) is 17.5. The molecule has 3 aromatic rings. The average molecular weight is 422 g/mol. The summed E-state index contributed by atoms with van der Waals surface area (Å²) in [5.41, 5.74) is 2.54. The maximum absolute atomic E-state index is 13.4. The quantitative estimate of drug-likeness (QED) is 0.451. The Morgan fingerprint density at radius 2 is 1.77 bits per heavy atom. The topological polar surface area (TPSA) is 55.2 Å². The van der Waals surface area contributed by atoms with Crippen LogP contribution in [0.15, 0.2) is 58.5 Å². The van der Waals surface area contributed by atoms with E-state index in [9.17, 15) is 9.59 Å². The van der Waals surface area contributed by atoms with Crippen molar-refractivity contribution in [1.82, 2.24) is 14.5 Å². The maximum Gasteiger partial charge on any atom is 0.266 e. The Hall–Kier alpha value is -2.60. The summed E-state index contributed by atoms with van der Waals surface area (Å²) in [6.07, 6.45) is 4.25. The van der Waals surface area contributed by atoms with Gasteiger partial charge < -0.3 is 4.90 Å². The molecule has 0 bridgehead atoms. The highest BCUT2D eigenvalue weighted by atomic mass is 32.2. The van der Waals surface area contributed by atoms with Gasteiger partial charge in [-0.1, -0.05) is 43.0 Å². The van der Waals surface area contributed by atoms with E-state index in [1.807, 2.05) is 54.3 Å². The van der Waals surface area contributed by atoms with Crippen LogP contribution in [0.2, 0.25) is 0 Å². The Labute approximate surface area is 181 Å². The second kappa shape index (κ2) is 9.04. The van der Waals surface area contributed by atoms with Crippen LogP contribution in [-0.4, -0.2) is 38.7 Å². The second-order valence-electron chi connectivity index (χ2n) is 7.72. The Morgan fingerprint density at radius 3 is 2.47 bits per heavy atom. The number of piperidine rings is 1. The summed E-state index contributed by atoms with van der Waals surface area (Å²) < 4.78 is 1.65. The van der Waals surface area contributed by atoms with Crippen molar-refractivity contribution in [2.75, 3.05) is 13.1 Å². The summed E-state index contributed by atoms with van der Waals surface area (Å²) in [7, 11) is 0. The second-order valence-corrected chi connectivity index (χ2v) is 9.03. The standard InChI is InChI=1S/C24H27N3O2S/c1-3-18-11-13-19(14-12-18)27-23(29)20-9-5-6-10-21(20)25-24(27)30-17(2)22(28)26-15-7-4-8-16-26/h5-6,9-14,17H,3-4,7-8,15-16H2,1-2H3. The number of aryl methyl sites for hydroxylation is 1. The Balaban J connectivity index is 1.75. The SMILES string of the molecule is CCc1ccc(-n2c(SC(C)C(=O)N3CCCCC3)nc3ccccc3c2=O)cc1. The zero-order chi connectivity index (χ0) is 21.1. The lowest BCUT2D eigenvalue weighted by atomic mass is 10.1. The van der Waals surface area contributed by atoms with Crippen molar-refractivity contribution in [3.63, 3.8) is 0 Å². The molecule has 1 saturated heterocycles. The van der Waals surface area contributed by atoms with Gasteiger partial charge in [-0.2, -0.15) is 0 Å². The first-order chi connectivity index (χ1) is 14.6. The van der Waals surface area contributed by atoms with Crippen LogP contribution in [0.5, 0.6) is 0 Å². The smallest absolute Gasteiger partial charge is 0.266 e. The van der Waals surface area contributed by atoms with Crippen molar-refractivity contribution in [2.45, 2.75) is 49.9 Å². The number of nitrogens with zero attached hydrogens (tertiary/aromatic N) is 3. The molecule has 0 aliphatic carbocycles. The van der Waals surface area contributed by atoms with Crippen LogP contribution < -0.4 is 5.56 Å². The van der Waals surface area contributed by atoms with E-state index in [1.54, 1.807) is 10.6 Å². The summed E-state index contributed by atoms with van der Waals surface area (Å²) in [6.45, 7) is 5.65. The van der Waals surface area contributed by atoms with Gasteiger partial charge in [0.05, 0.1) is 21.8 Å². The third-order valence-electron chi connectivity index (χ3n) is 5.65. The van der Waals surface area contributed by atoms with Crippen LogP contribution in [0.3, 0.4) is 0 Å². The Morgan fingerprint density at radius 1 is 1.07 bits per heavy atom. The molecule has 2 heterocycles. The molecule has 2 aromatic carbocycles. The van der Waals surface area contributed by atoms with Crippen LogP contribution in [0, 0.1) is 0 Å². The van der Waals surface area contributed by atoms with E-state index < -0.39 is 0 Å². The van der Waals surface area contributed by atoms with Gasteiger partial charge in [0, 0.05) is 13.1 Å². The first-order valence-corrected chi connectivity index (χ1v) is 11.5. The van der Waals surface area contributed by atoms with Crippen LogP contribution in [0.4, 0.5) is 0 Å². The molecule has 156 valence electrons. The molecule has 1 amide bonds. The average Bonchev–Trinajstić information content (AvgIpc) is 2.79. The minimum atomic E-state index is -0.308. The molecule has 6 heteroatoms. The summed E-state index contributed by atoms with van der Waals surface area (Å²) in [4.78, 5) is 33.1. The predicted octanol–water partition coefficient (Wildman–Crippen LogP) is 4.44. The fourth-order valence-corrected chi connectivity index (χ4v) is 4.89. The van der Waals surface area contributed by atoms with Crippen molar-refractivity contribution in [3.8, 4) is 5.69 Å². The number of carbonyl (C=O) groups is 1. The molecule has 1 unspecified atom stereocenters. The molecule has 0 spiro atoms. The van der Waals surface area contributed by atoms with E-state index in [4.69, 9.17) is 4.98 Å². The van der Waals surface area contributed by atoms with Gasteiger partial charge >= 0.3 is 0 Å². The highest BCUT2D eigenvalue weighted by Gasteiger charge is 2.25. The molecule has 4 rings (SSSR count). The molecule has 0 N–H and O–H groups in total. The largest absolute Gasteiger partial charge is 0.342 e. The lowest BCUT2D eigenvalue weighted by Gasteiger charge is -2.29. The van der Waals surface area contributed by atoms with Gasteiger partial charge in [0.15, 0.2) is 5.16 Å². The van der Waals surface area contributed by atoms with Gasteiger partial charge in [0.25, 0.3) is 5.56 Å².